The van der Waals surface area contributed by atoms with Crippen molar-refractivity contribution in [2.45, 2.75) is 51.2 Å². The van der Waals surface area contributed by atoms with Crippen molar-refractivity contribution in [3.05, 3.63) is 0 Å². The van der Waals surface area contributed by atoms with Crippen LogP contribution >= 0.6 is 0 Å². The van der Waals surface area contributed by atoms with Gasteiger partial charge in [-0.3, -0.25) is 0 Å². The summed E-state index contributed by atoms with van der Waals surface area (Å²) in [5, 5.41) is 9.18. The van der Waals surface area contributed by atoms with Gasteiger partial charge in [-0.2, -0.15) is 0 Å². The molecular formula is C14H25NO4. The largest absolute Gasteiger partial charge is 0.444 e. The van der Waals surface area contributed by atoms with Gasteiger partial charge in [0.05, 0.1) is 12.2 Å². The van der Waals surface area contributed by atoms with Gasteiger partial charge < -0.3 is 19.5 Å². The van der Waals surface area contributed by atoms with E-state index in [1.54, 1.807) is 4.90 Å². The highest BCUT2D eigenvalue weighted by molar-refractivity contribution is 5.68. The molecule has 1 spiro atoms. The summed E-state index contributed by atoms with van der Waals surface area (Å²) in [5.74, 6) is 0.257. The molecular weight excluding hydrogens is 246 g/mol. The van der Waals surface area contributed by atoms with Crippen LogP contribution in [0, 0.1) is 5.92 Å². The van der Waals surface area contributed by atoms with E-state index >= 15 is 0 Å². The maximum Gasteiger partial charge on any atom is 0.410 e. The third kappa shape index (κ3) is 3.60. The summed E-state index contributed by atoms with van der Waals surface area (Å²) in [6.07, 6.45) is 2.34. The average Bonchev–Trinajstić information content (AvgIpc) is 2.71. The molecule has 1 atom stereocenters. The third-order valence-electron chi connectivity index (χ3n) is 3.87. The lowest BCUT2D eigenvalue weighted by Gasteiger charge is -2.39. The Labute approximate surface area is 114 Å². The van der Waals surface area contributed by atoms with Crippen LogP contribution in [-0.2, 0) is 9.47 Å². The molecule has 2 aliphatic rings. The lowest BCUT2D eigenvalue weighted by atomic mass is 9.86. The minimum Gasteiger partial charge on any atom is -0.444 e. The normalized spacial score (nSPS) is 26.7. The molecule has 1 unspecified atom stereocenters. The van der Waals surface area contributed by atoms with Crippen molar-refractivity contribution in [2.75, 3.05) is 26.3 Å². The number of amides is 1. The summed E-state index contributed by atoms with van der Waals surface area (Å²) in [7, 11) is 0. The van der Waals surface area contributed by atoms with Crippen LogP contribution in [0.5, 0.6) is 0 Å². The molecule has 0 bridgehead atoms. The topological polar surface area (TPSA) is 59.0 Å². The monoisotopic (exact) mass is 271 g/mol. The van der Waals surface area contributed by atoms with Gasteiger partial charge in [0.1, 0.15) is 5.60 Å². The second kappa shape index (κ2) is 5.29. The molecule has 2 aliphatic heterocycles. The van der Waals surface area contributed by atoms with Crippen LogP contribution in [0.4, 0.5) is 4.79 Å². The second-order valence-corrected chi connectivity index (χ2v) is 6.71. The summed E-state index contributed by atoms with van der Waals surface area (Å²) < 4.78 is 11.3. The molecule has 2 heterocycles. The zero-order valence-electron chi connectivity index (χ0n) is 12.1. The molecule has 0 saturated carbocycles. The maximum absolute atomic E-state index is 12.0. The Morgan fingerprint density at radius 2 is 2.05 bits per heavy atom. The van der Waals surface area contributed by atoms with Gasteiger partial charge in [0.15, 0.2) is 0 Å². The minimum absolute atomic E-state index is 0.119. The summed E-state index contributed by atoms with van der Waals surface area (Å²) in [6.45, 7) is 7.81. The van der Waals surface area contributed by atoms with Crippen LogP contribution in [0.3, 0.4) is 0 Å². The molecule has 2 saturated heterocycles. The highest BCUT2D eigenvalue weighted by Crippen LogP contribution is 2.38. The molecule has 2 rings (SSSR count). The Balaban J connectivity index is 1.84. The van der Waals surface area contributed by atoms with Crippen molar-refractivity contribution in [1.82, 2.24) is 4.90 Å². The molecule has 5 nitrogen and oxygen atoms in total. The summed E-state index contributed by atoms with van der Waals surface area (Å²) in [4.78, 5) is 13.7. The number of likely N-dealkylation sites (tertiary alicyclic amines) is 1. The lowest BCUT2D eigenvalue weighted by Crippen LogP contribution is -2.47. The number of hydrogen-bond acceptors (Lipinski definition) is 4. The number of rotatable bonds is 1. The van der Waals surface area contributed by atoms with Crippen molar-refractivity contribution in [2.24, 2.45) is 5.92 Å². The van der Waals surface area contributed by atoms with E-state index in [2.05, 4.69) is 0 Å². The number of ether oxygens (including phenoxy) is 2. The minimum atomic E-state index is -0.446. The van der Waals surface area contributed by atoms with E-state index in [1.807, 2.05) is 20.8 Å². The van der Waals surface area contributed by atoms with Crippen molar-refractivity contribution in [3.63, 3.8) is 0 Å². The molecule has 2 fully saturated rings. The van der Waals surface area contributed by atoms with Gasteiger partial charge in [0, 0.05) is 25.6 Å². The first-order chi connectivity index (χ1) is 8.84. The maximum atomic E-state index is 12.0. The Kier molecular flexibility index (Phi) is 4.06. The quantitative estimate of drug-likeness (QED) is 0.790. The van der Waals surface area contributed by atoms with Crippen molar-refractivity contribution >= 4 is 6.09 Å². The number of hydrogen-bond donors (Lipinski definition) is 1. The van der Waals surface area contributed by atoms with E-state index in [-0.39, 0.29) is 24.2 Å². The van der Waals surface area contributed by atoms with Gasteiger partial charge in [0.2, 0.25) is 0 Å². The van der Waals surface area contributed by atoms with Crippen LogP contribution in [0.25, 0.3) is 0 Å². The van der Waals surface area contributed by atoms with E-state index in [1.165, 1.54) is 0 Å². The van der Waals surface area contributed by atoms with Crippen molar-refractivity contribution < 1.29 is 19.4 Å². The van der Waals surface area contributed by atoms with Crippen LogP contribution in [0.2, 0.25) is 0 Å². The molecule has 19 heavy (non-hydrogen) atoms. The zero-order valence-corrected chi connectivity index (χ0v) is 12.1. The highest BCUT2D eigenvalue weighted by Gasteiger charge is 2.43. The summed E-state index contributed by atoms with van der Waals surface area (Å²) in [5.41, 5.74) is -0.566. The number of nitrogens with zero attached hydrogens (tertiary/aromatic N) is 1. The molecule has 110 valence electrons. The molecule has 0 radical (unpaired) electrons. The van der Waals surface area contributed by atoms with Crippen LogP contribution in [-0.4, -0.2) is 53.6 Å². The zero-order chi connectivity index (χ0) is 14.1. The Morgan fingerprint density at radius 3 is 2.53 bits per heavy atom. The van der Waals surface area contributed by atoms with E-state index < -0.39 is 5.60 Å². The first kappa shape index (κ1) is 14.6. The smallest absolute Gasteiger partial charge is 0.410 e. The fraction of sp³-hybridized carbons (Fsp3) is 0.929. The number of carbonyl (C=O) groups is 1. The predicted molar refractivity (Wildman–Crippen MR) is 70.9 cm³/mol. The van der Waals surface area contributed by atoms with E-state index in [0.717, 1.165) is 19.3 Å². The lowest BCUT2D eigenvalue weighted by molar-refractivity contribution is -0.0487. The van der Waals surface area contributed by atoms with E-state index in [0.29, 0.717) is 19.7 Å². The number of aliphatic hydroxyl groups is 1. The van der Waals surface area contributed by atoms with Crippen molar-refractivity contribution in [1.29, 1.82) is 0 Å². The number of aliphatic hydroxyl groups excluding tert-OH is 1. The standard InChI is InChI=1S/C14H25NO4/c1-13(2,3)19-12(17)15-6-4-14(5-7-15)8-11(9-16)10-18-14/h11,16H,4-10H2,1-3H3. The van der Waals surface area contributed by atoms with Gasteiger partial charge in [-0.25, -0.2) is 4.79 Å². The fourth-order valence-electron chi connectivity index (χ4n) is 2.83. The Morgan fingerprint density at radius 1 is 1.42 bits per heavy atom. The van der Waals surface area contributed by atoms with Gasteiger partial charge in [-0.15, -0.1) is 0 Å². The highest BCUT2D eigenvalue weighted by atomic mass is 16.6. The molecule has 1 amide bonds. The molecule has 0 aromatic rings. The molecule has 0 aliphatic carbocycles. The van der Waals surface area contributed by atoms with Gasteiger partial charge in [-0.1, -0.05) is 0 Å². The van der Waals surface area contributed by atoms with Crippen LogP contribution in [0.1, 0.15) is 40.0 Å². The first-order valence-electron chi connectivity index (χ1n) is 7.06. The molecule has 1 N–H and O–H groups in total. The Bertz CT molecular complexity index is 329. The molecule has 0 aromatic heterocycles. The predicted octanol–water partition coefficient (Wildman–Crippen LogP) is 1.78. The molecule has 5 heteroatoms. The fourth-order valence-corrected chi connectivity index (χ4v) is 2.83. The van der Waals surface area contributed by atoms with Crippen LogP contribution in [0.15, 0.2) is 0 Å². The number of piperidine rings is 1. The molecule has 0 aromatic carbocycles. The first-order valence-corrected chi connectivity index (χ1v) is 7.06. The van der Waals surface area contributed by atoms with E-state index in [4.69, 9.17) is 9.47 Å². The van der Waals surface area contributed by atoms with E-state index in [9.17, 15) is 9.90 Å². The number of carbonyl (C=O) groups excluding carboxylic acids is 1. The third-order valence-corrected chi connectivity index (χ3v) is 3.87. The summed E-state index contributed by atoms with van der Waals surface area (Å²) in [6, 6.07) is 0. The van der Waals surface area contributed by atoms with Crippen molar-refractivity contribution in [3.8, 4) is 0 Å². The SMILES string of the molecule is CC(C)(C)OC(=O)N1CCC2(CC1)CC(CO)CO2. The second-order valence-electron chi connectivity index (χ2n) is 6.71. The van der Waals surface area contributed by atoms with Crippen LogP contribution < -0.4 is 0 Å². The van der Waals surface area contributed by atoms with Gasteiger partial charge >= 0.3 is 6.09 Å². The summed E-state index contributed by atoms with van der Waals surface area (Å²) >= 11 is 0. The average molecular weight is 271 g/mol. The Hall–Kier alpha value is -0.810. The van der Waals surface area contributed by atoms with Gasteiger partial charge in [-0.05, 0) is 40.0 Å². The van der Waals surface area contributed by atoms with Gasteiger partial charge in [0.25, 0.3) is 0 Å².